The Kier molecular flexibility index (Phi) is 7.29. The number of rotatable bonds is 8. The van der Waals surface area contributed by atoms with E-state index < -0.39 is 0 Å². The van der Waals surface area contributed by atoms with Crippen LogP contribution in [0.5, 0.6) is 0 Å². The van der Waals surface area contributed by atoms with Crippen LogP contribution in [0.15, 0.2) is 29.4 Å². The van der Waals surface area contributed by atoms with Gasteiger partial charge in [0.2, 0.25) is 0 Å². The first-order valence-corrected chi connectivity index (χ1v) is 7.18. The molecule has 1 amide bonds. The summed E-state index contributed by atoms with van der Waals surface area (Å²) in [6.45, 7) is 4.86. The minimum Gasteiger partial charge on any atom is -0.386 e. The minimum absolute atomic E-state index is 0.0512. The van der Waals surface area contributed by atoms with Crippen molar-refractivity contribution in [3.63, 3.8) is 0 Å². The summed E-state index contributed by atoms with van der Waals surface area (Å²) >= 11 is 0. The summed E-state index contributed by atoms with van der Waals surface area (Å²) in [4.78, 5) is 18.4. The number of amides is 1. The molecule has 21 heavy (non-hydrogen) atoms. The molecule has 0 spiro atoms. The van der Waals surface area contributed by atoms with E-state index in [2.05, 4.69) is 24.3 Å². The predicted octanol–water partition coefficient (Wildman–Crippen LogP) is 2.27. The van der Waals surface area contributed by atoms with Gasteiger partial charge in [-0.05, 0) is 30.0 Å². The molecule has 0 aromatic heterocycles. The topological polar surface area (TPSA) is 53.9 Å². The van der Waals surface area contributed by atoms with E-state index in [1.807, 2.05) is 43.3 Å². The largest absolute Gasteiger partial charge is 0.386 e. The Morgan fingerprint density at radius 2 is 2.00 bits per heavy atom. The van der Waals surface area contributed by atoms with Gasteiger partial charge in [-0.25, -0.2) is 0 Å². The van der Waals surface area contributed by atoms with Gasteiger partial charge >= 0.3 is 0 Å². The molecule has 116 valence electrons. The number of hydrogen-bond donors (Lipinski definition) is 1. The molecule has 5 heteroatoms. The van der Waals surface area contributed by atoms with Crippen molar-refractivity contribution in [2.45, 2.75) is 20.3 Å². The van der Waals surface area contributed by atoms with Gasteiger partial charge in [0.15, 0.2) is 6.61 Å². The van der Waals surface area contributed by atoms with E-state index in [0.717, 1.165) is 17.7 Å². The zero-order valence-corrected chi connectivity index (χ0v) is 13.3. The van der Waals surface area contributed by atoms with Gasteiger partial charge in [0.05, 0.1) is 6.21 Å². The van der Waals surface area contributed by atoms with Crippen molar-refractivity contribution in [1.82, 2.24) is 5.32 Å². The summed E-state index contributed by atoms with van der Waals surface area (Å²) in [7, 11) is 3.98. The Hall–Kier alpha value is -2.04. The molecule has 1 aromatic rings. The molecule has 0 aliphatic heterocycles. The number of nitrogens with one attached hydrogen (secondary N) is 1. The average molecular weight is 291 g/mol. The van der Waals surface area contributed by atoms with Crippen LogP contribution in [-0.2, 0) is 9.63 Å². The molecular formula is C16H25N3O2. The standard InChI is InChI=1S/C16H25N3O2/c1-13(2)9-10-17-16(20)12-21-18-11-14-5-7-15(8-6-14)19(3)4/h5-8,11,13H,9-10,12H2,1-4H3,(H,17,20)/b18-11+. The Bertz CT molecular complexity index is 453. The molecule has 0 atom stereocenters. The van der Waals surface area contributed by atoms with Gasteiger partial charge in [0.25, 0.3) is 5.91 Å². The lowest BCUT2D eigenvalue weighted by Crippen LogP contribution is -2.28. The normalized spacial score (nSPS) is 10.9. The highest BCUT2D eigenvalue weighted by atomic mass is 16.6. The lowest BCUT2D eigenvalue weighted by atomic mass is 10.1. The molecule has 0 radical (unpaired) electrons. The van der Waals surface area contributed by atoms with Gasteiger partial charge in [0.1, 0.15) is 0 Å². The number of carbonyl (C=O) groups excluding carboxylic acids is 1. The second kappa shape index (κ2) is 9.00. The summed E-state index contributed by atoms with van der Waals surface area (Å²) in [5.41, 5.74) is 2.05. The smallest absolute Gasteiger partial charge is 0.260 e. The van der Waals surface area contributed by atoms with Crippen molar-refractivity contribution in [1.29, 1.82) is 0 Å². The molecule has 0 bridgehead atoms. The first-order valence-electron chi connectivity index (χ1n) is 7.18. The maximum Gasteiger partial charge on any atom is 0.260 e. The maximum atomic E-state index is 11.4. The Balaban J connectivity index is 2.26. The van der Waals surface area contributed by atoms with Gasteiger partial charge in [-0.1, -0.05) is 31.1 Å². The van der Waals surface area contributed by atoms with Crippen LogP contribution in [0.25, 0.3) is 0 Å². The Labute approximate surface area is 127 Å². The van der Waals surface area contributed by atoms with Crippen LogP contribution in [0, 0.1) is 5.92 Å². The first kappa shape index (κ1) is 17.0. The van der Waals surface area contributed by atoms with E-state index in [-0.39, 0.29) is 12.5 Å². The highest BCUT2D eigenvalue weighted by Crippen LogP contribution is 2.10. The number of carbonyl (C=O) groups is 1. The fraction of sp³-hybridized carbons (Fsp3) is 0.500. The van der Waals surface area contributed by atoms with Crippen molar-refractivity contribution in [3.05, 3.63) is 29.8 Å². The van der Waals surface area contributed by atoms with Crippen molar-refractivity contribution < 1.29 is 9.63 Å². The average Bonchev–Trinajstić information content (AvgIpc) is 2.43. The minimum atomic E-state index is -0.143. The van der Waals surface area contributed by atoms with Crippen molar-refractivity contribution in [2.75, 3.05) is 32.1 Å². The lowest BCUT2D eigenvalue weighted by Gasteiger charge is -2.11. The van der Waals surface area contributed by atoms with Crippen LogP contribution < -0.4 is 10.2 Å². The van der Waals surface area contributed by atoms with Crippen molar-refractivity contribution in [3.8, 4) is 0 Å². The quantitative estimate of drug-likeness (QED) is 0.590. The van der Waals surface area contributed by atoms with E-state index in [1.54, 1.807) is 6.21 Å². The molecule has 5 nitrogen and oxygen atoms in total. The number of oxime groups is 1. The van der Waals surface area contributed by atoms with E-state index in [1.165, 1.54) is 0 Å². The highest BCUT2D eigenvalue weighted by Gasteiger charge is 2.01. The molecule has 0 heterocycles. The van der Waals surface area contributed by atoms with E-state index in [0.29, 0.717) is 12.5 Å². The van der Waals surface area contributed by atoms with Crippen LogP contribution in [0.4, 0.5) is 5.69 Å². The molecule has 0 aliphatic carbocycles. The van der Waals surface area contributed by atoms with Crippen LogP contribution in [-0.4, -0.2) is 39.4 Å². The zero-order chi connectivity index (χ0) is 15.7. The summed E-state index contributed by atoms with van der Waals surface area (Å²) in [6.07, 6.45) is 2.56. The van der Waals surface area contributed by atoms with E-state index >= 15 is 0 Å². The zero-order valence-electron chi connectivity index (χ0n) is 13.3. The van der Waals surface area contributed by atoms with E-state index in [4.69, 9.17) is 4.84 Å². The molecule has 1 N–H and O–H groups in total. The van der Waals surface area contributed by atoms with Crippen LogP contribution in [0.2, 0.25) is 0 Å². The van der Waals surface area contributed by atoms with Crippen molar-refractivity contribution in [2.24, 2.45) is 11.1 Å². The Morgan fingerprint density at radius 1 is 1.33 bits per heavy atom. The summed E-state index contributed by atoms with van der Waals surface area (Å²) in [5, 5.41) is 6.59. The molecular weight excluding hydrogens is 266 g/mol. The van der Waals surface area contributed by atoms with E-state index in [9.17, 15) is 4.79 Å². The summed E-state index contributed by atoms with van der Waals surface area (Å²) < 4.78 is 0. The number of benzene rings is 1. The van der Waals surface area contributed by atoms with Crippen LogP contribution in [0.1, 0.15) is 25.8 Å². The molecule has 1 aromatic carbocycles. The summed E-state index contributed by atoms with van der Waals surface area (Å²) in [5.74, 6) is 0.435. The van der Waals surface area contributed by atoms with Gasteiger partial charge in [-0.2, -0.15) is 0 Å². The third-order valence-corrected chi connectivity index (χ3v) is 2.93. The molecule has 0 saturated carbocycles. The number of nitrogens with zero attached hydrogens (tertiary/aromatic N) is 2. The van der Waals surface area contributed by atoms with Gasteiger partial charge in [0, 0.05) is 26.3 Å². The fourth-order valence-corrected chi connectivity index (χ4v) is 1.60. The van der Waals surface area contributed by atoms with Crippen LogP contribution in [0.3, 0.4) is 0 Å². The number of hydrogen-bond acceptors (Lipinski definition) is 4. The third-order valence-electron chi connectivity index (χ3n) is 2.93. The Morgan fingerprint density at radius 3 is 2.57 bits per heavy atom. The molecule has 0 saturated heterocycles. The third kappa shape index (κ3) is 7.34. The van der Waals surface area contributed by atoms with Gasteiger partial charge < -0.3 is 15.1 Å². The molecule has 1 rings (SSSR count). The fourth-order valence-electron chi connectivity index (χ4n) is 1.60. The molecule has 0 fully saturated rings. The predicted molar refractivity (Wildman–Crippen MR) is 86.8 cm³/mol. The van der Waals surface area contributed by atoms with Gasteiger partial charge in [-0.15, -0.1) is 0 Å². The molecule has 0 unspecified atom stereocenters. The first-order chi connectivity index (χ1) is 9.99. The van der Waals surface area contributed by atoms with Crippen molar-refractivity contribution >= 4 is 17.8 Å². The van der Waals surface area contributed by atoms with Crippen LogP contribution >= 0.6 is 0 Å². The maximum absolute atomic E-state index is 11.4. The SMILES string of the molecule is CC(C)CCNC(=O)CO/N=C/c1ccc(N(C)C)cc1. The highest BCUT2D eigenvalue weighted by molar-refractivity contribution is 5.80. The monoisotopic (exact) mass is 291 g/mol. The second-order valence-electron chi connectivity index (χ2n) is 5.53. The van der Waals surface area contributed by atoms with Gasteiger partial charge in [-0.3, -0.25) is 4.79 Å². The second-order valence-corrected chi connectivity index (χ2v) is 5.53. The lowest BCUT2D eigenvalue weighted by molar-refractivity contribution is -0.125. The summed E-state index contributed by atoms with van der Waals surface area (Å²) in [6, 6.07) is 7.90. The molecule has 0 aliphatic rings. The number of anilines is 1.